The molecule has 2 rings (SSSR count). The molecule has 1 aromatic carbocycles. The molecule has 1 unspecified atom stereocenters. The van der Waals surface area contributed by atoms with Gasteiger partial charge in [-0.25, -0.2) is 9.69 Å². The van der Waals surface area contributed by atoms with Crippen molar-refractivity contribution >= 4 is 28.9 Å². The average Bonchev–Trinajstić information content (AvgIpc) is 2.51. The zero-order chi connectivity index (χ0) is 9.97. The number of rotatable bonds is 1. The molecule has 1 atom stereocenters. The maximum absolute atomic E-state index is 10.8. The lowest BCUT2D eigenvalue weighted by Gasteiger charge is -1.96. The molecule has 0 amide bonds. The van der Waals surface area contributed by atoms with E-state index in [-0.39, 0.29) is 0 Å². The highest BCUT2D eigenvalue weighted by molar-refractivity contribution is 7.78. The van der Waals surface area contributed by atoms with E-state index in [0.717, 1.165) is 5.56 Å². The number of hydrogen-bond acceptors (Lipinski definition) is 3. The first-order chi connectivity index (χ1) is 6.74. The molecule has 14 heavy (non-hydrogen) atoms. The summed E-state index contributed by atoms with van der Waals surface area (Å²) in [7, 11) is 0. The van der Waals surface area contributed by atoms with Gasteiger partial charge in [-0.15, -0.1) is 0 Å². The Balaban J connectivity index is 2.21. The lowest BCUT2D eigenvalue weighted by Crippen LogP contribution is -2.09. The molecule has 4 nitrogen and oxygen atoms in total. The second kappa shape index (κ2) is 4.00. The van der Waals surface area contributed by atoms with Gasteiger partial charge in [0.2, 0.25) is 0 Å². The third-order valence-electron chi connectivity index (χ3n) is 1.58. The van der Waals surface area contributed by atoms with Crippen LogP contribution in [-0.2, 0) is 15.6 Å². The predicted octanol–water partition coefficient (Wildman–Crippen LogP) is 1.34. The molecule has 74 valence electrons. The molecule has 1 aliphatic heterocycles. The van der Waals surface area contributed by atoms with Gasteiger partial charge in [0.05, 0.1) is 0 Å². The number of benzene rings is 1. The standard InChI is InChI=1S/C8H7ClN2O2S/c9-7-3-1-2-6(4-7)5-8-10-13-14(12)11-8/h1-5,10-11H/b8-5+. The quantitative estimate of drug-likeness (QED) is 0.766. The highest BCUT2D eigenvalue weighted by atomic mass is 35.5. The van der Waals surface area contributed by atoms with E-state index >= 15 is 0 Å². The summed E-state index contributed by atoms with van der Waals surface area (Å²) in [6.45, 7) is 0. The summed E-state index contributed by atoms with van der Waals surface area (Å²) in [5.41, 5.74) is 3.38. The van der Waals surface area contributed by atoms with Gasteiger partial charge >= 0.3 is 0 Å². The van der Waals surface area contributed by atoms with E-state index in [0.29, 0.717) is 10.8 Å². The van der Waals surface area contributed by atoms with Crippen molar-refractivity contribution in [2.24, 2.45) is 0 Å². The fraction of sp³-hybridized carbons (Fsp3) is 0. The van der Waals surface area contributed by atoms with Crippen LogP contribution in [0.2, 0.25) is 5.02 Å². The average molecular weight is 231 g/mol. The molecule has 1 saturated heterocycles. The molecule has 0 aromatic heterocycles. The van der Waals surface area contributed by atoms with Gasteiger partial charge in [-0.1, -0.05) is 23.7 Å². The van der Waals surface area contributed by atoms with Crippen molar-refractivity contribution in [2.75, 3.05) is 0 Å². The van der Waals surface area contributed by atoms with E-state index in [1.54, 1.807) is 18.2 Å². The van der Waals surface area contributed by atoms with E-state index in [1.165, 1.54) is 0 Å². The van der Waals surface area contributed by atoms with Crippen molar-refractivity contribution in [1.29, 1.82) is 0 Å². The summed E-state index contributed by atoms with van der Waals surface area (Å²) < 4.78 is 17.9. The Bertz CT molecular complexity index is 408. The Morgan fingerprint density at radius 1 is 1.50 bits per heavy atom. The maximum Gasteiger partial charge on any atom is 0.285 e. The molecule has 1 aliphatic rings. The topological polar surface area (TPSA) is 50.4 Å². The Labute approximate surface area is 88.7 Å². The van der Waals surface area contributed by atoms with Crippen molar-refractivity contribution in [3.8, 4) is 0 Å². The Kier molecular flexibility index (Phi) is 2.72. The van der Waals surface area contributed by atoms with Gasteiger partial charge in [0.25, 0.3) is 11.3 Å². The monoisotopic (exact) mass is 230 g/mol. The number of halogens is 1. The molecule has 0 spiro atoms. The van der Waals surface area contributed by atoms with Gasteiger partial charge in [0, 0.05) is 5.02 Å². The highest BCUT2D eigenvalue weighted by Gasteiger charge is 2.12. The fourth-order valence-corrected chi connectivity index (χ4v) is 1.72. The molecule has 1 aromatic rings. The van der Waals surface area contributed by atoms with Crippen molar-refractivity contribution in [3.05, 3.63) is 40.7 Å². The lowest BCUT2D eigenvalue weighted by atomic mass is 10.2. The molecular formula is C8H7ClN2O2S. The summed E-state index contributed by atoms with van der Waals surface area (Å²) in [4.78, 5) is 0. The van der Waals surface area contributed by atoms with Crippen molar-refractivity contribution in [2.45, 2.75) is 0 Å². The summed E-state index contributed by atoms with van der Waals surface area (Å²) in [6, 6.07) is 7.29. The van der Waals surface area contributed by atoms with E-state index in [1.807, 2.05) is 12.1 Å². The molecule has 0 aliphatic carbocycles. The molecule has 0 saturated carbocycles. The van der Waals surface area contributed by atoms with Crippen LogP contribution in [0.5, 0.6) is 0 Å². The van der Waals surface area contributed by atoms with Crippen LogP contribution in [-0.4, -0.2) is 4.21 Å². The summed E-state index contributed by atoms with van der Waals surface area (Å²) >= 11 is 4.30. The number of nitrogens with one attached hydrogen (secondary N) is 2. The smallest absolute Gasteiger partial charge is 0.265 e. The first-order valence-corrected chi connectivity index (χ1v) is 5.28. The van der Waals surface area contributed by atoms with Crippen LogP contribution in [0.15, 0.2) is 30.1 Å². The summed E-state index contributed by atoms with van der Waals surface area (Å²) in [6.07, 6.45) is 1.75. The molecule has 1 fully saturated rings. The predicted molar refractivity (Wildman–Crippen MR) is 54.9 cm³/mol. The fourth-order valence-electron chi connectivity index (χ4n) is 1.04. The Morgan fingerprint density at radius 2 is 2.36 bits per heavy atom. The van der Waals surface area contributed by atoms with Crippen LogP contribution in [0, 0.1) is 0 Å². The lowest BCUT2D eigenvalue weighted by molar-refractivity contribution is 0.282. The van der Waals surface area contributed by atoms with E-state index in [4.69, 9.17) is 11.6 Å². The molecule has 1 heterocycles. The Morgan fingerprint density at radius 3 is 3.00 bits per heavy atom. The van der Waals surface area contributed by atoms with E-state index < -0.39 is 11.3 Å². The van der Waals surface area contributed by atoms with E-state index in [9.17, 15) is 4.21 Å². The van der Waals surface area contributed by atoms with Crippen molar-refractivity contribution in [3.63, 3.8) is 0 Å². The first kappa shape index (κ1) is 9.51. The van der Waals surface area contributed by atoms with Crippen LogP contribution in [0.1, 0.15) is 5.56 Å². The van der Waals surface area contributed by atoms with Crippen LogP contribution in [0.4, 0.5) is 0 Å². The number of hydroxylamine groups is 1. The Hall–Kier alpha value is -1.04. The normalized spacial score (nSPS) is 23.2. The van der Waals surface area contributed by atoms with E-state index in [2.05, 4.69) is 14.5 Å². The van der Waals surface area contributed by atoms with Crippen LogP contribution < -0.4 is 10.2 Å². The van der Waals surface area contributed by atoms with Gasteiger partial charge in [-0.3, -0.25) is 4.72 Å². The van der Waals surface area contributed by atoms with Gasteiger partial charge < -0.3 is 0 Å². The van der Waals surface area contributed by atoms with Crippen molar-refractivity contribution in [1.82, 2.24) is 10.2 Å². The molecule has 2 N–H and O–H groups in total. The van der Waals surface area contributed by atoms with Crippen LogP contribution >= 0.6 is 11.6 Å². The minimum atomic E-state index is -1.49. The minimum absolute atomic E-state index is 0.547. The van der Waals surface area contributed by atoms with Gasteiger partial charge in [0.15, 0.2) is 0 Å². The zero-order valence-electron chi connectivity index (χ0n) is 6.99. The second-order valence-corrected chi connectivity index (χ2v) is 3.91. The van der Waals surface area contributed by atoms with Crippen molar-refractivity contribution < 1.29 is 8.49 Å². The second-order valence-electron chi connectivity index (χ2n) is 2.64. The molecule has 0 radical (unpaired) electrons. The van der Waals surface area contributed by atoms with Crippen LogP contribution in [0.3, 0.4) is 0 Å². The largest absolute Gasteiger partial charge is 0.285 e. The first-order valence-electron chi connectivity index (χ1n) is 3.83. The van der Waals surface area contributed by atoms with Crippen LogP contribution in [0.25, 0.3) is 6.08 Å². The van der Waals surface area contributed by atoms with Gasteiger partial charge in [-0.2, -0.15) is 4.28 Å². The summed E-state index contributed by atoms with van der Waals surface area (Å²) in [5, 5.41) is 0.652. The molecule has 0 bridgehead atoms. The van der Waals surface area contributed by atoms with Gasteiger partial charge in [0.1, 0.15) is 5.82 Å². The summed E-state index contributed by atoms with van der Waals surface area (Å²) in [5.74, 6) is 0.547. The van der Waals surface area contributed by atoms with Gasteiger partial charge in [-0.05, 0) is 23.8 Å². The highest BCUT2D eigenvalue weighted by Crippen LogP contribution is 2.13. The minimum Gasteiger partial charge on any atom is -0.265 e. The zero-order valence-corrected chi connectivity index (χ0v) is 8.56. The molecular weight excluding hydrogens is 224 g/mol. The number of hydrogen-bond donors (Lipinski definition) is 2. The SMILES string of the molecule is O=S1N/C(=C/c2cccc(Cl)c2)NO1. The third kappa shape index (κ3) is 2.25. The third-order valence-corrected chi connectivity index (χ3v) is 2.44. The molecule has 6 heteroatoms. The maximum atomic E-state index is 10.8.